The summed E-state index contributed by atoms with van der Waals surface area (Å²) in [7, 11) is 0. The van der Waals surface area contributed by atoms with E-state index >= 15 is 0 Å². The van der Waals surface area contributed by atoms with Gasteiger partial charge in [-0.2, -0.15) is 0 Å². The summed E-state index contributed by atoms with van der Waals surface area (Å²) in [6.07, 6.45) is 0.679. The van der Waals surface area contributed by atoms with Gasteiger partial charge in [-0.15, -0.1) is 0 Å². The maximum atomic E-state index is 12.2. The van der Waals surface area contributed by atoms with E-state index in [1.165, 1.54) is 12.1 Å². The van der Waals surface area contributed by atoms with Crippen molar-refractivity contribution >= 4 is 40.6 Å². The molecule has 0 spiro atoms. The number of Topliss-reactive ketones (excluding diaryl/α,β-unsaturated/α-hetero) is 1. The first kappa shape index (κ1) is 17.0. The van der Waals surface area contributed by atoms with Gasteiger partial charge in [-0.3, -0.25) is 4.79 Å². The van der Waals surface area contributed by atoms with Gasteiger partial charge in [-0.25, -0.2) is 9.64 Å². The van der Waals surface area contributed by atoms with Crippen LogP contribution in [0.1, 0.15) is 32.7 Å². The fourth-order valence-electron chi connectivity index (χ4n) is 2.12. The van der Waals surface area contributed by atoms with Crippen molar-refractivity contribution in [3.05, 3.63) is 74.6 Å². The van der Waals surface area contributed by atoms with E-state index < -0.39 is 5.97 Å². The number of rotatable bonds is 5. The molecule has 2 aromatic carbocycles. The quantitative estimate of drug-likeness (QED) is 0.607. The normalized spacial score (nSPS) is 10.1. The highest BCUT2D eigenvalue weighted by Gasteiger charge is 2.17. The van der Waals surface area contributed by atoms with Crippen LogP contribution in [0.25, 0.3) is 4.85 Å². The lowest BCUT2D eigenvalue weighted by Gasteiger charge is -2.07. The van der Waals surface area contributed by atoms with Gasteiger partial charge in [0.2, 0.25) is 0 Å². The van der Waals surface area contributed by atoms with Crippen LogP contribution in [-0.4, -0.2) is 16.9 Å². The van der Waals surface area contributed by atoms with Crippen LogP contribution in [0.3, 0.4) is 0 Å². The predicted molar refractivity (Wildman–Crippen MR) is 88.8 cm³/mol. The Morgan fingerprint density at radius 2 is 1.78 bits per heavy atom. The Bertz CT molecular complexity index is 802. The van der Waals surface area contributed by atoms with Gasteiger partial charge in [0.1, 0.15) is 0 Å². The monoisotopic (exact) mass is 347 g/mol. The van der Waals surface area contributed by atoms with Crippen LogP contribution in [0.2, 0.25) is 10.0 Å². The van der Waals surface area contributed by atoms with Gasteiger partial charge < -0.3 is 5.11 Å². The van der Waals surface area contributed by atoms with Gasteiger partial charge in [0.05, 0.1) is 22.2 Å². The van der Waals surface area contributed by atoms with E-state index in [0.717, 1.165) is 5.56 Å². The first-order chi connectivity index (χ1) is 10.9. The van der Waals surface area contributed by atoms with Crippen LogP contribution in [0.15, 0.2) is 36.4 Å². The lowest BCUT2D eigenvalue weighted by Crippen LogP contribution is -2.05. The van der Waals surface area contributed by atoms with Crippen LogP contribution < -0.4 is 0 Å². The van der Waals surface area contributed by atoms with Gasteiger partial charge in [-0.1, -0.05) is 53.0 Å². The molecular weight excluding hydrogens is 337 g/mol. The molecule has 116 valence electrons. The second-order valence-corrected chi connectivity index (χ2v) is 5.64. The molecule has 2 aromatic rings. The van der Waals surface area contributed by atoms with Crippen molar-refractivity contribution in [3.8, 4) is 0 Å². The summed E-state index contributed by atoms with van der Waals surface area (Å²) in [5.41, 5.74) is 1.46. The summed E-state index contributed by atoms with van der Waals surface area (Å²) < 4.78 is 0. The molecule has 4 nitrogen and oxygen atoms in total. The van der Waals surface area contributed by atoms with E-state index in [9.17, 15) is 9.59 Å². The van der Waals surface area contributed by atoms with Crippen LogP contribution in [0.5, 0.6) is 0 Å². The minimum Gasteiger partial charge on any atom is -0.478 e. The van der Waals surface area contributed by atoms with Crippen molar-refractivity contribution < 1.29 is 14.7 Å². The first-order valence-electron chi connectivity index (χ1n) is 6.64. The topological polar surface area (TPSA) is 58.7 Å². The van der Waals surface area contributed by atoms with Crippen molar-refractivity contribution in [2.24, 2.45) is 0 Å². The SMILES string of the molecule is [C-]#[N+]c1cccc(CCC(=O)c2cc(Cl)c(C(=O)O)c(Cl)c2)c1. The number of carboxylic acids is 1. The van der Waals surface area contributed by atoms with E-state index in [4.69, 9.17) is 34.9 Å². The van der Waals surface area contributed by atoms with Crippen molar-refractivity contribution in [1.82, 2.24) is 0 Å². The van der Waals surface area contributed by atoms with Crippen molar-refractivity contribution in [3.63, 3.8) is 0 Å². The van der Waals surface area contributed by atoms with Crippen molar-refractivity contribution in [2.75, 3.05) is 0 Å². The van der Waals surface area contributed by atoms with E-state index in [2.05, 4.69) is 4.85 Å². The number of aromatic carboxylic acids is 1. The zero-order chi connectivity index (χ0) is 17.0. The third kappa shape index (κ3) is 4.10. The molecule has 0 aliphatic heterocycles. The number of carbonyl (C=O) groups excluding carboxylic acids is 1. The number of carbonyl (C=O) groups is 2. The number of nitrogens with zero attached hydrogens (tertiary/aromatic N) is 1. The number of carboxylic acid groups (broad SMARTS) is 1. The molecule has 0 saturated carbocycles. The Balaban J connectivity index is 2.15. The zero-order valence-electron chi connectivity index (χ0n) is 11.8. The summed E-state index contributed by atoms with van der Waals surface area (Å²) in [5.74, 6) is -1.44. The molecule has 6 heteroatoms. The van der Waals surface area contributed by atoms with E-state index in [0.29, 0.717) is 12.1 Å². The highest BCUT2D eigenvalue weighted by atomic mass is 35.5. The number of halogens is 2. The Hall–Kier alpha value is -2.35. The summed E-state index contributed by atoms with van der Waals surface area (Å²) >= 11 is 11.8. The average Bonchev–Trinajstić information content (AvgIpc) is 2.51. The second-order valence-electron chi connectivity index (χ2n) is 4.82. The Morgan fingerprint density at radius 3 is 2.35 bits per heavy atom. The number of aryl methyl sites for hydroxylation is 1. The number of benzene rings is 2. The van der Waals surface area contributed by atoms with Crippen LogP contribution in [0.4, 0.5) is 5.69 Å². The maximum absolute atomic E-state index is 12.2. The van der Waals surface area contributed by atoms with Crippen LogP contribution in [0, 0.1) is 6.57 Å². The minimum absolute atomic E-state index is 0.0663. The Kier molecular flexibility index (Phi) is 5.38. The van der Waals surface area contributed by atoms with Gasteiger partial charge in [0.15, 0.2) is 11.5 Å². The molecule has 2 rings (SSSR count). The molecule has 23 heavy (non-hydrogen) atoms. The summed E-state index contributed by atoms with van der Waals surface area (Å²) in [5, 5.41) is 8.87. The van der Waals surface area contributed by atoms with Crippen molar-refractivity contribution in [2.45, 2.75) is 12.8 Å². The molecule has 0 atom stereocenters. The lowest BCUT2D eigenvalue weighted by molar-refractivity contribution is 0.0696. The summed E-state index contributed by atoms with van der Waals surface area (Å²) in [6.45, 7) is 6.97. The fraction of sp³-hybridized carbons (Fsp3) is 0.118. The molecule has 0 aromatic heterocycles. The van der Waals surface area contributed by atoms with Gasteiger partial charge in [-0.05, 0) is 18.6 Å². The standard InChI is InChI=1S/C17H11Cl2NO3/c1-20-12-4-2-3-10(7-12)5-6-15(21)11-8-13(18)16(17(22)23)14(19)9-11/h2-4,7-9H,5-6H2,(H,22,23). The molecule has 0 aliphatic rings. The predicted octanol–water partition coefficient (Wildman–Crippen LogP) is 5.06. The Morgan fingerprint density at radius 1 is 1.13 bits per heavy atom. The number of hydrogen-bond donors (Lipinski definition) is 1. The number of hydrogen-bond acceptors (Lipinski definition) is 2. The third-order valence-electron chi connectivity index (χ3n) is 3.26. The molecule has 0 radical (unpaired) electrons. The van der Waals surface area contributed by atoms with E-state index in [1.54, 1.807) is 18.2 Å². The largest absolute Gasteiger partial charge is 0.478 e. The second kappa shape index (κ2) is 7.28. The number of ketones is 1. The van der Waals surface area contributed by atoms with Gasteiger partial charge in [0.25, 0.3) is 0 Å². The molecule has 1 N–H and O–H groups in total. The molecule has 0 bridgehead atoms. The van der Waals surface area contributed by atoms with E-state index in [1.807, 2.05) is 6.07 Å². The molecule has 0 heterocycles. The minimum atomic E-state index is -1.24. The fourth-order valence-corrected chi connectivity index (χ4v) is 2.77. The third-order valence-corrected chi connectivity index (χ3v) is 3.85. The maximum Gasteiger partial charge on any atom is 0.338 e. The molecule has 0 unspecified atom stereocenters. The van der Waals surface area contributed by atoms with Gasteiger partial charge >= 0.3 is 5.97 Å². The molecular formula is C17H11Cl2NO3. The average molecular weight is 348 g/mol. The summed E-state index contributed by atoms with van der Waals surface area (Å²) in [4.78, 5) is 26.6. The lowest BCUT2D eigenvalue weighted by atomic mass is 10.0. The highest BCUT2D eigenvalue weighted by Crippen LogP contribution is 2.27. The first-order valence-corrected chi connectivity index (χ1v) is 7.40. The molecule has 0 aliphatic carbocycles. The van der Waals surface area contributed by atoms with Crippen LogP contribution >= 0.6 is 23.2 Å². The highest BCUT2D eigenvalue weighted by molar-refractivity contribution is 6.39. The zero-order valence-corrected chi connectivity index (χ0v) is 13.4. The smallest absolute Gasteiger partial charge is 0.338 e. The summed E-state index contributed by atoms with van der Waals surface area (Å²) in [6, 6.07) is 9.66. The van der Waals surface area contributed by atoms with E-state index in [-0.39, 0.29) is 33.4 Å². The molecule has 0 saturated heterocycles. The van der Waals surface area contributed by atoms with Crippen LogP contribution in [-0.2, 0) is 6.42 Å². The molecule has 0 amide bonds. The Labute approximate surface area is 143 Å². The van der Waals surface area contributed by atoms with Gasteiger partial charge in [0, 0.05) is 12.0 Å². The van der Waals surface area contributed by atoms with Crippen molar-refractivity contribution in [1.29, 1.82) is 0 Å². The molecule has 0 fully saturated rings.